The lowest BCUT2D eigenvalue weighted by atomic mass is 9.86. The molecule has 2 aromatic rings. The first-order chi connectivity index (χ1) is 9.90. The summed E-state index contributed by atoms with van der Waals surface area (Å²) in [6.07, 6.45) is 7.02. The van der Waals surface area contributed by atoms with Gasteiger partial charge in [0.1, 0.15) is 0 Å². The van der Waals surface area contributed by atoms with Gasteiger partial charge in [-0.1, -0.05) is 20.8 Å². The zero-order valence-corrected chi connectivity index (χ0v) is 13.1. The van der Waals surface area contributed by atoms with Crippen molar-refractivity contribution in [2.75, 3.05) is 0 Å². The second kappa shape index (κ2) is 6.11. The predicted octanol–water partition coefficient (Wildman–Crippen LogP) is 1.94. The van der Waals surface area contributed by atoms with Gasteiger partial charge >= 0.3 is 0 Å². The zero-order chi connectivity index (χ0) is 15.5. The largest absolute Gasteiger partial charge is 0.347 e. The third kappa shape index (κ3) is 3.93. The fourth-order valence-corrected chi connectivity index (χ4v) is 2.03. The summed E-state index contributed by atoms with van der Waals surface area (Å²) in [5.41, 5.74) is 0.522. The Morgan fingerprint density at radius 2 is 2.10 bits per heavy atom. The maximum absolute atomic E-state index is 12.4. The van der Waals surface area contributed by atoms with Crippen LogP contribution in [0.3, 0.4) is 0 Å². The monoisotopic (exact) mass is 289 g/mol. The molecule has 0 saturated carbocycles. The predicted molar refractivity (Wildman–Crippen MR) is 80.8 cm³/mol. The fraction of sp³-hybridized carbons (Fsp3) is 0.533. The van der Waals surface area contributed by atoms with E-state index in [1.807, 2.05) is 23.9 Å². The number of aromatic nitrogens is 4. The number of carbonyl (C=O) groups is 1. The molecule has 0 aliphatic rings. The van der Waals surface area contributed by atoms with Gasteiger partial charge in [-0.15, -0.1) is 0 Å². The first-order valence-corrected chi connectivity index (χ1v) is 7.21. The Hall–Kier alpha value is -2.11. The molecule has 0 spiro atoms. The van der Waals surface area contributed by atoms with Gasteiger partial charge in [-0.3, -0.25) is 14.2 Å². The molecule has 2 rings (SSSR count). The topological polar surface area (TPSA) is 64.7 Å². The summed E-state index contributed by atoms with van der Waals surface area (Å²) >= 11 is 0. The Labute approximate surface area is 125 Å². The molecule has 2 heterocycles. The van der Waals surface area contributed by atoms with Gasteiger partial charge in [0.25, 0.3) is 5.91 Å². The highest BCUT2D eigenvalue weighted by molar-refractivity contribution is 5.93. The minimum Gasteiger partial charge on any atom is -0.347 e. The Bertz CT molecular complexity index is 579. The van der Waals surface area contributed by atoms with Crippen LogP contribution in [0.15, 0.2) is 30.9 Å². The number of nitrogens with one attached hydrogen (secondary N) is 1. The molecule has 21 heavy (non-hydrogen) atoms. The van der Waals surface area contributed by atoms with E-state index in [1.54, 1.807) is 23.3 Å². The standard InChI is InChI=1S/C15H23N5O/c1-5-19-10-12(9-17-19)14(21)18-13(15(2,3)4)11-20-8-6-7-16-20/h6-10,13H,5,11H2,1-4H3,(H,18,21). The van der Waals surface area contributed by atoms with Gasteiger partial charge in [0.15, 0.2) is 0 Å². The molecule has 2 aromatic heterocycles. The van der Waals surface area contributed by atoms with Crippen molar-refractivity contribution in [3.63, 3.8) is 0 Å². The van der Waals surface area contributed by atoms with Crippen LogP contribution >= 0.6 is 0 Å². The Kier molecular flexibility index (Phi) is 4.45. The van der Waals surface area contributed by atoms with Gasteiger partial charge in [0, 0.05) is 25.1 Å². The number of rotatable bonds is 5. The van der Waals surface area contributed by atoms with Crippen LogP contribution in [0.5, 0.6) is 0 Å². The molecule has 0 aliphatic carbocycles. The van der Waals surface area contributed by atoms with Crippen LogP contribution in [0.2, 0.25) is 0 Å². The van der Waals surface area contributed by atoms with Gasteiger partial charge in [-0.25, -0.2) is 0 Å². The molecular weight excluding hydrogens is 266 g/mol. The highest BCUT2D eigenvalue weighted by Crippen LogP contribution is 2.21. The van der Waals surface area contributed by atoms with Crippen LogP contribution in [0.4, 0.5) is 0 Å². The first-order valence-electron chi connectivity index (χ1n) is 7.21. The van der Waals surface area contributed by atoms with Crippen LogP contribution in [-0.4, -0.2) is 31.5 Å². The highest BCUT2D eigenvalue weighted by atomic mass is 16.1. The summed E-state index contributed by atoms with van der Waals surface area (Å²) in [6.45, 7) is 9.71. The van der Waals surface area contributed by atoms with Gasteiger partial charge in [-0.05, 0) is 18.4 Å². The number of amides is 1. The third-order valence-corrected chi connectivity index (χ3v) is 3.50. The van der Waals surface area contributed by atoms with E-state index in [9.17, 15) is 4.79 Å². The molecule has 114 valence electrons. The average molecular weight is 289 g/mol. The molecule has 0 radical (unpaired) electrons. The Morgan fingerprint density at radius 3 is 2.62 bits per heavy atom. The molecule has 1 amide bonds. The van der Waals surface area contributed by atoms with Gasteiger partial charge in [-0.2, -0.15) is 10.2 Å². The summed E-state index contributed by atoms with van der Waals surface area (Å²) in [7, 11) is 0. The van der Waals surface area contributed by atoms with Crippen molar-refractivity contribution in [1.29, 1.82) is 0 Å². The number of hydrogen-bond acceptors (Lipinski definition) is 3. The van der Waals surface area contributed by atoms with E-state index >= 15 is 0 Å². The smallest absolute Gasteiger partial charge is 0.254 e. The molecule has 0 aliphatic heterocycles. The van der Waals surface area contributed by atoms with Crippen LogP contribution in [0, 0.1) is 5.41 Å². The molecule has 0 fully saturated rings. The number of aryl methyl sites for hydroxylation is 1. The Morgan fingerprint density at radius 1 is 1.33 bits per heavy atom. The van der Waals surface area contributed by atoms with Gasteiger partial charge in [0.05, 0.1) is 24.3 Å². The lowest BCUT2D eigenvalue weighted by Crippen LogP contribution is -2.46. The van der Waals surface area contributed by atoms with Crippen molar-refractivity contribution >= 4 is 5.91 Å². The number of carbonyl (C=O) groups excluding carboxylic acids is 1. The van der Waals surface area contributed by atoms with E-state index in [-0.39, 0.29) is 17.4 Å². The lowest BCUT2D eigenvalue weighted by Gasteiger charge is -2.31. The van der Waals surface area contributed by atoms with Crippen LogP contribution in [0.1, 0.15) is 38.1 Å². The molecule has 0 bridgehead atoms. The SMILES string of the molecule is CCn1cc(C(=O)NC(Cn2cccn2)C(C)(C)C)cn1. The second-order valence-electron chi connectivity index (χ2n) is 6.20. The molecule has 1 unspecified atom stereocenters. The van der Waals surface area contributed by atoms with Crippen molar-refractivity contribution in [2.45, 2.75) is 46.8 Å². The number of hydrogen-bond donors (Lipinski definition) is 1. The van der Waals surface area contributed by atoms with Crippen LogP contribution in [0.25, 0.3) is 0 Å². The van der Waals surface area contributed by atoms with E-state index < -0.39 is 0 Å². The van der Waals surface area contributed by atoms with Gasteiger partial charge < -0.3 is 5.32 Å². The van der Waals surface area contributed by atoms with Crippen molar-refractivity contribution in [3.8, 4) is 0 Å². The van der Waals surface area contributed by atoms with E-state index in [0.717, 1.165) is 6.54 Å². The van der Waals surface area contributed by atoms with Crippen LogP contribution in [-0.2, 0) is 13.1 Å². The van der Waals surface area contributed by atoms with Crippen molar-refractivity contribution < 1.29 is 4.79 Å². The van der Waals surface area contributed by atoms with E-state index in [1.165, 1.54) is 0 Å². The maximum atomic E-state index is 12.4. The van der Waals surface area contributed by atoms with Gasteiger partial charge in [0.2, 0.25) is 0 Å². The minimum atomic E-state index is -0.0956. The fourth-order valence-electron chi connectivity index (χ4n) is 2.03. The quantitative estimate of drug-likeness (QED) is 0.915. The van der Waals surface area contributed by atoms with Crippen molar-refractivity contribution in [3.05, 3.63) is 36.4 Å². The molecule has 1 atom stereocenters. The molecular formula is C15H23N5O. The summed E-state index contributed by atoms with van der Waals surface area (Å²) in [6, 6.07) is 1.86. The van der Waals surface area contributed by atoms with Crippen molar-refractivity contribution in [1.82, 2.24) is 24.9 Å². The third-order valence-electron chi connectivity index (χ3n) is 3.50. The maximum Gasteiger partial charge on any atom is 0.254 e. The molecule has 1 N–H and O–H groups in total. The number of nitrogens with zero attached hydrogens (tertiary/aromatic N) is 4. The van der Waals surface area contributed by atoms with E-state index in [4.69, 9.17) is 0 Å². The summed E-state index contributed by atoms with van der Waals surface area (Å²) in [5.74, 6) is -0.0956. The molecule has 0 saturated heterocycles. The Balaban J connectivity index is 2.09. The van der Waals surface area contributed by atoms with Crippen molar-refractivity contribution in [2.24, 2.45) is 5.41 Å². The second-order valence-corrected chi connectivity index (χ2v) is 6.20. The minimum absolute atomic E-state index is 0.0186. The summed E-state index contributed by atoms with van der Waals surface area (Å²) in [5, 5.41) is 11.5. The lowest BCUT2D eigenvalue weighted by molar-refractivity contribution is 0.0890. The molecule has 6 nitrogen and oxygen atoms in total. The zero-order valence-electron chi connectivity index (χ0n) is 13.1. The molecule has 0 aromatic carbocycles. The summed E-state index contributed by atoms with van der Waals surface area (Å²) in [4.78, 5) is 12.4. The summed E-state index contributed by atoms with van der Waals surface area (Å²) < 4.78 is 3.58. The van der Waals surface area contributed by atoms with Crippen LogP contribution < -0.4 is 5.32 Å². The molecule has 6 heteroatoms. The highest BCUT2D eigenvalue weighted by Gasteiger charge is 2.27. The van der Waals surface area contributed by atoms with E-state index in [0.29, 0.717) is 12.1 Å². The average Bonchev–Trinajstić information content (AvgIpc) is 3.07. The first kappa shape index (κ1) is 15.3. The van der Waals surface area contributed by atoms with E-state index in [2.05, 4.69) is 36.3 Å². The normalized spacial score (nSPS) is 13.1.